The van der Waals surface area contributed by atoms with E-state index >= 15 is 0 Å². The summed E-state index contributed by atoms with van der Waals surface area (Å²) in [5.41, 5.74) is 7.35. The molecule has 0 spiro atoms. The number of methoxy groups -OCH3 is 1. The van der Waals surface area contributed by atoms with Gasteiger partial charge < -0.3 is 30.7 Å². The molecule has 2 aromatic carbocycles. The summed E-state index contributed by atoms with van der Waals surface area (Å²) in [5, 5.41) is 21.0. The second-order valence-corrected chi connectivity index (χ2v) is 11.4. The number of sulfonamides is 1. The van der Waals surface area contributed by atoms with Crippen LogP contribution in [0.2, 0.25) is 0 Å². The van der Waals surface area contributed by atoms with Crippen LogP contribution in [0, 0.1) is 5.41 Å². The quantitative estimate of drug-likeness (QED) is 0.226. The van der Waals surface area contributed by atoms with Gasteiger partial charge in [-0.2, -0.15) is 0 Å². The van der Waals surface area contributed by atoms with Gasteiger partial charge in [0, 0.05) is 12.2 Å². The van der Waals surface area contributed by atoms with Crippen LogP contribution in [0.5, 0.6) is 5.75 Å². The molecule has 2 aromatic rings. The lowest BCUT2D eigenvalue weighted by molar-refractivity contribution is -0.126. The summed E-state index contributed by atoms with van der Waals surface area (Å²) in [6.45, 7) is 0.00581. The maximum absolute atomic E-state index is 13.7. The highest BCUT2D eigenvalue weighted by atomic mass is 32.2. The number of carbonyl (C=O) groups is 2. The monoisotopic (exact) mass is 558 g/mol. The van der Waals surface area contributed by atoms with Crippen molar-refractivity contribution in [3.63, 3.8) is 0 Å². The molecule has 0 aliphatic carbocycles. The summed E-state index contributed by atoms with van der Waals surface area (Å²) in [6, 6.07) is 12.0. The van der Waals surface area contributed by atoms with Gasteiger partial charge in [0.05, 0.1) is 18.9 Å². The number of likely N-dealkylation sites (tertiary alicyclic amines) is 1. The van der Waals surface area contributed by atoms with Crippen LogP contribution in [0.25, 0.3) is 0 Å². The Morgan fingerprint density at radius 1 is 1.21 bits per heavy atom. The molecule has 12 nitrogen and oxygen atoms in total. The molecule has 0 saturated carbocycles. The van der Waals surface area contributed by atoms with Crippen LogP contribution in [-0.4, -0.2) is 74.7 Å². The summed E-state index contributed by atoms with van der Waals surface area (Å²) in [7, 11) is -2.35. The van der Waals surface area contributed by atoms with Crippen LogP contribution in [-0.2, 0) is 31.8 Å². The van der Waals surface area contributed by atoms with Crippen LogP contribution in [0.1, 0.15) is 30.4 Å². The maximum atomic E-state index is 13.7. The van der Waals surface area contributed by atoms with Gasteiger partial charge in [-0.15, -0.1) is 0 Å². The molecular formula is C26H34N6O6S. The molecule has 13 heteroatoms. The lowest BCUT2D eigenvalue weighted by Crippen LogP contribution is -2.59. The van der Waals surface area contributed by atoms with E-state index in [0.29, 0.717) is 42.8 Å². The molecule has 4 rings (SSSR count). The van der Waals surface area contributed by atoms with E-state index in [1.165, 1.54) is 16.9 Å². The predicted molar refractivity (Wildman–Crippen MR) is 145 cm³/mol. The number of amides is 2. The van der Waals surface area contributed by atoms with Crippen LogP contribution in [0.3, 0.4) is 0 Å². The van der Waals surface area contributed by atoms with Gasteiger partial charge in [0.15, 0.2) is 5.96 Å². The fraction of sp³-hybridized carbons (Fsp3) is 0.423. The number of fused-ring (bicyclic) bond motifs is 1. The average molecular weight is 559 g/mol. The van der Waals surface area contributed by atoms with Crippen LogP contribution >= 0.6 is 0 Å². The van der Waals surface area contributed by atoms with Gasteiger partial charge >= 0.3 is 0 Å². The van der Waals surface area contributed by atoms with Gasteiger partial charge in [-0.1, -0.05) is 30.3 Å². The van der Waals surface area contributed by atoms with Crippen molar-refractivity contribution in [1.29, 1.82) is 5.41 Å². The minimum atomic E-state index is -3.87. The zero-order valence-corrected chi connectivity index (χ0v) is 22.5. The normalized spacial score (nSPS) is 21.6. The fourth-order valence-corrected chi connectivity index (χ4v) is 6.36. The number of carbonyl (C=O) groups excluding carboxylic acids is 2. The van der Waals surface area contributed by atoms with Gasteiger partial charge in [0.2, 0.25) is 21.8 Å². The minimum Gasteiger partial charge on any atom is -0.497 e. The van der Waals surface area contributed by atoms with Crippen molar-refractivity contribution in [3.05, 3.63) is 59.7 Å². The van der Waals surface area contributed by atoms with Gasteiger partial charge in [-0.3, -0.25) is 15.0 Å². The van der Waals surface area contributed by atoms with E-state index in [0.717, 1.165) is 5.56 Å². The Labute approximate surface area is 227 Å². The molecule has 2 aliphatic rings. The van der Waals surface area contributed by atoms with Gasteiger partial charge in [-0.05, 0) is 55.0 Å². The number of benzene rings is 2. The number of piperidine rings is 1. The number of aryl methyl sites for hydroxylation is 1. The summed E-state index contributed by atoms with van der Waals surface area (Å²) in [5.74, 6) is -1.10. The van der Waals surface area contributed by atoms with Gasteiger partial charge in [0.25, 0.3) is 0 Å². The Hall–Kier alpha value is -3.68. The Kier molecular flexibility index (Phi) is 8.73. The zero-order chi connectivity index (χ0) is 28.2. The summed E-state index contributed by atoms with van der Waals surface area (Å²) in [6.07, 6.45) is 0.483. The standard InChI is InChI=1S/C26H34N6O6S/c1-38-19-10-12-22-18(14-19)9-11-21(30-39(36,37)16-17-6-3-2-4-7-17)25(35)32(22)15-23(33)29-20-8-5-13-31(24(20)34)26(27)28/h2-4,6-7,10,12,14,20-21,24,30,34H,5,8-9,11,13,15-16H2,1H3,(H3,27,28)(H,29,33)/t20-,21-,24?/m0/s1. The molecule has 0 radical (unpaired) electrons. The molecule has 0 aromatic heterocycles. The lowest BCUT2D eigenvalue weighted by atomic mass is 10.0. The van der Waals surface area contributed by atoms with Crippen LogP contribution in [0.15, 0.2) is 48.5 Å². The van der Waals surface area contributed by atoms with Gasteiger partial charge in [-0.25, -0.2) is 13.1 Å². The molecule has 6 N–H and O–H groups in total. The smallest absolute Gasteiger partial charge is 0.245 e. The van der Waals surface area contributed by atoms with Crippen LogP contribution < -0.4 is 25.4 Å². The molecule has 2 aliphatic heterocycles. The highest BCUT2D eigenvalue weighted by Gasteiger charge is 2.36. The number of guanidine groups is 1. The third kappa shape index (κ3) is 6.85. The third-order valence-electron chi connectivity index (χ3n) is 6.92. The molecule has 2 heterocycles. The van der Waals surface area contributed by atoms with Crippen molar-refractivity contribution in [1.82, 2.24) is 14.9 Å². The molecule has 0 bridgehead atoms. The second-order valence-electron chi connectivity index (χ2n) is 9.68. The van der Waals surface area contributed by atoms with E-state index in [1.54, 1.807) is 48.5 Å². The van der Waals surface area contributed by atoms with E-state index in [4.69, 9.17) is 15.9 Å². The Morgan fingerprint density at radius 2 is 1.95 bits per heavy atom. The number of anilines is 1. The van der Waals surface area contributed by atoms with E-state index in [9.17, 15) is 23.1 Å². The van der Waals surface area contributed by atoms with Crippen LogP contribution in [0.4, 0.5) is 5.69 Å². The molecule has 210 valence electrons. The second kappa shape index (κ2) is 12.0. The number of hydrogen-bond donors (Lipinski definition) is 5. The SMILES string of the molecule is COc1ccc2c(c1)CC[C@H](NS(=O)(=O)Cc1ccccc1)C(=O)N2CC(=O)N[C@H]1CCCN(C(=N)N)C1O. The number of nitrogens with one attached hydrogen (secondary N) is 3. The highest BCUT2D eigenvalue weighted by Crippen LogP contribution is 2.31. The van der Waals surface area contributed by atoms with Crippen molar-refractivity contribution < 1.29 is 27.9 Å². The number of hydrogen-bond acceptors (Lipinski definition) is 7. The van der Waals surface area contributed by atoms with Crippen molar-refractivity contribution in [2.45, 2.75) is 49.7 Å². The number of ether oxygens (including phenoxy) is 1. The van der Waals surface area contributed by atoms with Gasteiger partial charge in [0.1, 0.15) is 24.6 Å². The minimum absolute atomic E-state index is 0.194. The number of rotatable bonds is 8. The first-order chi connectivity index (χ1) is 18.6. The molecular weight excluding hydrogens is 524 g/mol. The summed E-state index contributed by atoms with van der Waals surface area (Å²) < 4.78 is 33.8. The first-order valence-corrected chi connectivity index (χ1v) is 14.3. The molecule has 1 saturated heterocycles. The largest absolute Gasteiger partial charge is 0.497 e. The number of aliphatic hydroxyl groups is 1. The Bertz CT molecular complexity index is 1320. The van der Waals surface area contributed by atoms with Crippen molar-refractivity contribution in [2.24, 2.45) is 5.73 Å². The Morgan fingerprint density at radius 3 is 2.64 bits per heavy atom. The van der Waals surface area contributed by atoms with E-state index < -0.39 is 46.7 Å². The molecule has 3 atom stereocenters. The summed E-state index contributed by atoms with van der Waals surface area (Å²) >= 11 is 0. The Balaban J connectivity index is 1.55. The number of nitrogens with two attached hydrogens (primary N) is 1. The fourth-order valence-electron chi connectivity index (χ4n) is 4.99. The summed E-state index contributed by atoms with van der Waals surface area (Å²) in [4.78, 5) is 29.4. The predicted octanol–water partition coefficient (Wildman–Crippen LogP) is 0.255. The molecule has 1 fully saturated rings. The van der Waals surface area contributed by atoms with Crippen molar-refractivity contribution >= 4 is 33.5 Å². The average Bonchev–Trinajstić information content (AvgIpc) is 3.01. The van der Waals surface area contributed by atoms with Crippen molar-refractivity contribution in [3.8, 4) is 5.75 Å². The van der Waals surface area contributed by atoms with Crippen molar-refractivity contribution in [2.75, 3.05) is 25.1 Å². The van der Waals surface area contributed by atoms with E-state index in [-0.39, 0.29) is 18.1 Å². The molecule has 2 amide bonds. The van der Waals surface area contributed by atoms with E-state index in [2.05, 4.69) is 10.0 Å². The lowest BCUT2D eigenvalue weighted by Gasteiger charge is -2.38. The highest BCUT2D eigenvalue weighted by molar-refractivity contribution is 7.88. The first kappa shape index (κ1) is 28.3. The molecule has 39 heavy (non-hydrogen) atoms. The number of nitrogens with zero attached hydrogens (tertiary/aromatic N) is 2. The first-order valence-electron chi connectivity index (χ1n) is 12.7. The third-order valence-corrected chi connectivity index (χ3v) is 8.27. The number of aliphatic hydroxyl groups excluding tert-OH is 1. The van der Waals surface area contributed by atoms with E-state index in [1.807, 2.05) is 0 Å². The zero-order valence-electron chi connectivity index (χ0n) is 21.7. The molecule has 1 unspecified atom stereocenters. The maximum Gasteiger partial charge on any atom is 0.245 e. The topological polar surface area (TPSA) is 178 Å².